The van der Waals surface area contributed by atoms with Crippen LogP contribution in [0.15, 0.2) is 52.0 Å². The molecular weight excluding hydrogens is 504 g/mol. The Balaban J connectivity index is 1.60. The van der Waals surface area contributed by atoms with Crippen LogP contribution in [0, 0.1) is 37.8 Å². The number of aromatic nitrogens is 1. The maximum absolute atomic E-state index is 12.1. The number of carbonyl (C=O) groups excluding carboxylic acids is 1. The topological polar surface area (TPSA) is 89.5 Å². The van der Waals surface area contributed by atoms with E-state index in [4.69, 9.17) is 0 Å². The maximum Gasteiger partial charge on any atom is 0.269 e. The van der Waals surface area contributed by atoms with Gasteiger partial charge in [0.2, 0.25) is 5.91 Å². The first kappa shape index (κ1) is 24.7. The molecule has 0 aliphatic carbocycles. The highest BCUT2D eigenvalue weighted by molar-refractivity contribution is 9.10. The summed E-state index contributed by atoms with van der Waals surface area (Å²) in [5, 5.41) is 14.9. The molecule has 1 aromatic heterocycles. The van der Waals surface area contributed by atoms with Crippen LogP contribution in [0.5, 0.6) is 0 Å². The van der Waals surface area contributed by atoms with Gasteiger partial charge in [0.05, 0.1) is 16.9 Å². The van der Waals surface area contributed by atoms with E-state index in [9.17, 15) is 14.9 Å². The van der Waals surface area contributed by atoms with E-state index in [1.807, 2.05) is 13.8 Å². The van der Waals surface area contributed by atoms with Gasteiger partial charge in [-0.1, -0.05) is 18.2 Å². The number of halogens is 1. The number of non-ortho nitro benzene ring substituents is 1. The van der Waals surface area contributed by atoms with Gasteiger partial charge in [0, 0.05) is 45.0 Å². The number of nitrogens with one attached hydrogen (secondary N) is 1. The summed E-state index contributed by atoms with van der Waals surface area (Å²) >= 11 is 5.08. The van der Waals surface area contributed by atoms with Crippen molar-refractivity contribution in [2.75, 3.05) is 5.75 Å². The van der Waals surface area contributed by atoms with E-state index in [2.05, 4.69) is 63.1 Å². The van der Waals surface area contributed by atoms with Gasteiger partial charge >= 0.3 is 0 Å². The monoisotopic (exact) mass is 528 g/mol. The molecule has 7 nitrogen and oxygen atoms in total. The minimum atomic E-state index is -0.431. The number of aryl methyl sites for hydroxylation is 2. The van der Waals surface area contributed by atoms with Crippen LogP contribution in [0.2, 0.25) is 0 Å². The van der Waals surface area contributed by atoms with Crippen LogP contribution in [-0.4, -0.2) is 27.4 Å². The standard InChI is InChI=1S/C24H25BrN4O3S/c1-15-5-8-21(11-16(15)2)28-17(3)22(24(25)18(28)4)12-26-27-23(30)14-33-13-19-6-9-20(10-7-19)29(31)32/h5-12H,13-14H2,1-4H3,(H,27,30)/b26-12-. The number of hydrogen-bond acceptors (Lipinski definition) is 5. The van der Waals surface area contributed by atoms with E-state index < -0.39 is 4.92 Å². The number of benzene rings is 2. The van der Waals surface area contributed by atoms with E-state index in [1.54, 1.807) is 18.3 Å². The fourth-order valence-electron chi connectivity index (χ4n) is 3.40. The van der Waals surface area contributed by atoms with E-state index in [1.165, 1.54) is 35.0 Å². The van der Waals surface area contributed by atoms with Gasteiger partial charge in [0.1, 0.15) is 0 Å². The molecule has 0 unspecified atom stereocenters. The van der Waals surface area contributed by atoms with E-state index in [0.717, 1.165) is 32.7 Å². The first-order valence-corrected chi connectivity index (χ1v) is 12.2. The Hall–Kier alpha value is -2.91. The van der Waals surface area contributed by atoms with Gasteiger partial charge in [-0.15, -0.1) is 11.8 Å². The van der Waals surface area contributed by atoms with Gasteiger partial charge in [0.15, 0.2) is 0 Å². The molecule has 0 saturated heterocycles. The van der Waals surface area contributed by atoms with Gasteiger partial charge < -0.3 is 4.57 Å². The zero-order valence-electron chi connectivity index (χ0n) is 18.9. The lowest BCUT2D eigenvalue weighted by Crippen LogP contribution is -2.19. The summed E-state index contributed by atoms with van der Waals surface area (Å²) in [6.45, 7) is 8.25. The molecule has 0 spiro atoms. The van der Waals surface area contributed by atoms with Crippen LogP contribution in [-0.2, 0) is 10.5 Å². The summed E-state index contributed by atoms with van der Waals surface area (Å²) in [6.07, 6.45) is 1.66. The van der Waals surface area contributed by atoms with Gasteiger partial charge in [-0.3, -0.25) is 14.9 Å². The van der Waals surface area contributed by atoms with Crippen LogP contribution in [0.25, 0.3) is 5.69 Å². The quantitative estimate of drug-likeness (QED) is 0.228. The molecule has 1 N–H and O–H groups in total. The Bertz CT molecular complexity index is 1220. The second-order valence-electron chi connectivity index (χ2n) is 7.71. The Morgan fingerprint density at radius 3 is 2.45 bits per heavy atom. The van der Waals surface area contributed by atoms with Crippen molar-refractivity contribution in [2.24, 2.45) is 5.10 Å². The summed E-state index contributed by atoms with van der Waals surface area (Å²) in [7, 11) is 0. The number of hydrogen-bond donors (Lipinski definition) is 1. The van der Waals surface area contributed by atoms with E-state index >= 15 is 0 Å². The van der Waals surface area contributed by atoms with Gasteiger partial charge in [-0.05, 0) is 72.4 Å². The molecule has 3 rings (SSSR count). The molecule has 0 aliphatic heterocycles. The Labute approximate surface area is 205 Å². The number of rotatable bonds is 8. The van der Waals surface area contributed by atoms with Crippen molar-refractivity contribution in [3.63, 3.8) is 0 Å². The zero-order chi connectivity index (χ0) is 24.1. The minimum absolute atomic E-state index is 0.0545. The summed E-state index contributed by atoms with van der Waals surface area (Å²) in [5.41, 5.74) is 10.1. The largest absolute Gasteiger partial charge is 0.317 e. The van der Waals surface area contributed by atoms with Crippen molar-refractivity contribution in [1.82, 2.24) is 9.99 Å². The maximum atomic E-state index is 12.1. The van der Waals surface area contributed by atoms with Gasteiger partial charge in [-0.2, -0.15) is 5.10 Å². The molecule has 0 radical (unpaired) electrons. The second-order valence-corrected chi connectivity index (χ2v) is 9.49. The fraction of sp³-hybridized carbons (Fsp3) is 0.250. The summed E-state index contributed by atoms with van der Waals surface area (Å²) in [5.74, 6) is 0.604. The molecule has 3 aromatic rings. The molecule has 0 bridgehead atoms. The SMILES string of the molecule is Cc1ccc(-n2c(C)c(Br)c(/C=N\NC(=O)CSCc3ccc([N+](=O)[O-])cc3)c2C)cc1C. The number of hydrazone groups is 1. The highest BCUT2D eigenvalue weighted by Gasteiger charge is 2.16. The Kier molecular flexibility index (Phi) is 8.10. The number of carbonyl (C=O) groups is 1. The van der Waals surface area contributed by atoms with E-state index in [-0.39, 0.29) is 17.3 Å². The van der Waals surface area contributed by atoms with Crippen molar-refractivity contribution in [3.8, 4) is 5.69 Å². The van der Waals surface area contributed by atoms with Crippen molar-refractivity contribution in [3.05, 3.63) is 90.7 Å². The average Bonchev–Trinajstić information content (AvgIpc) is 2.99. The Morgan fingerprint density at radius 2 is 1.82 bits per heavy atom. The van der Waals surface area contributed by atoms with Crippen molar-refractivity contribution < 1.29 is 9.72 Å². The molecule has 33 heavy (non-hydrogen) atoms. The van der Waals surface area contributed by atoms with Crippen molar-refractivity contribution in [1.29, 1.82) is 0 Å². The third kappa shape index (κ3) is 5.91. The highest BCUT2D eigenvalue weighted by atomic mass is 79.9. The number of thioether (sulfide) groups is 1. The number of nitrogens with zero attached hydrogens (tertiary/aromatic N) is 3. The van der Waals surface area contributed by atoms with Gasteiger partial charge in [-0.25, -0.2) is 5.43 Å². The number of nitro benzene ring substituents is 1. The van der Waals surface area contributed by atoms with E-state index in [0.29, 0.717) is 5.75 Å². The van der Waals surface area contributed by atoms with Crippen molar-refractivity contribution >= 4 is 45.5 Å². The highest BCUT2D eigenvalue weighted by Crippen LogP contribution is 2.30. The van der Waals surface area contributed by atoms with Crippen LogP contribution in [0.3, 0.4) is 0 Å². The lowest BCUT2D eigenvalue weighted by Gasteiger charge is -2.11. The molecule has 9 heteroatoms. The smallest absolute Gasteiger partial charge is 0.269 e. The lowest BCUT2D eigenvalue weighted by atomic mass is 10.1. The first-order valence-electron chi connectivity index (χ1n) is 10.3. The molecule has 1 heterocycles. The predicted molar refractivity (Wildman–Crippen MR) is 137 cm³/mol. The first-order chi connectivity index (χ1) is 15.7. The summed E-state index contributed by atoms with van der Waals surface area (Å²) in [4.78, 5) is 22.4. The molecule has 1 amide bonds. The van der Waals surface area contributed by atoms with Crippen LogP contribution in [0.1, 0.15) is 33.6 Å². The van der Waals surface area contributed by atoms with Crippen LogP contribution in [0.4, 0.5) is 5.69 Å². The predicted octanol–water partition coefficient (Wildman–Crippen LogP) is 5.77. The average molecular weight is 529 g/mol. The molecular formula is C24H25BrN4O3S. The van der Waals surface area contributed by atoms with Gasteiger partial charge in [0.25, 0.3) is 5.69 Å². The fourth-order valence-corrected chi connectivity index (χ4v) is 4.75. The summed E-state index contributed by atoms with van der Waals surface area (Å²) in [6, 6.07) is 12.7. The Morgan fingerprint density at radius 1 is 1.12 bits per heavy atom. The molecule has 0 fully saturated rings. The second kappa shape index (κ2) is 10.8. The molecule has 2 aromatic carbocycles. The number of nitro groups is 1. The lowest BCUT2D eigenvalue weighted by molar-refractivity contribution is -0.384. The number of amides is 1. The third-order valence-corrected chi connectivity index (χ3v) is 7.40. The minimum Gasteiger partial charge on any atom is -0.317 e. The zero-order valence-corrected chi connectivity index (χ0v) is 21.3. The van der Waals surface area contributed by atoms with Crippen molar-refractivity contribution in [2.45, 2.75) is 33.4 Å². The molecule has 0 aliphatic rings. The van der Waals surface area contributed by atoms with Crippen LogP contribution >= 0.6 is 27.7 Å². The van der Waals surface area contributed by atoms with Crippen LogP contribution < -0.4 is 5.43 Å². The summed E-state index contributed by atoms with van der Waals surface area (Å²) < 4.78 is 3.10. The normalized spacial score (nSPS) is 11.2. The third-order valence-electron chi connectivity index (χ3n) is 5.40. The molecule has 0 saturated carbocycles. The molecule has 172 valence electrons. The molecule has 0 atom stereocenters.